The van der Waals surface area contributed by atoms with E-state index in [4.69, 9.17) is 10.9 Å². The van der Waals surface area contributed by atoms with Crippen LogP contribution in [0.2, 0.25) is 0 Å². The molecule has 0 spiro atoms. The number of halogens is 1. The van der Waals surface area contributed by atoms with Crippen molar-refractivity contribution in [2.24, 2.45) is 5.84 Å². The summed E-state index contributed by atoms with van der Waals surface area (Å²) >= 11 is 0. The number of carbonyl (C=O) groups excluding carboxylic acids is 2. The Kier molecular flexibility index (Phi) is 8.75. The van der Waals surface area contributed by atoms with Gasteiger partial charge < -0.3 is 26.5 Å². The van der Waals surface area contributed by atoms with E-state index in [2.05, 4.69) is 31.3 Å². The van der Waals surface area contributed by atoms with Gasteiger partial charge >= 0.3 is 0 Å². The molecular weight excluding hydrogens is 489 g/mol. The molecule has 0 saturated carbocycles. The summed E-state index contributed by atoms with van der Waals surface area (Å²) in [6.07, 6.45) is 1.77. The summed E-state index contributed by atoms with van der Waals surface area (Å²) in [4.78, 5) is 32.9. The quantitative estimate of drug-likeness (QED) is 0.131. The normalized spacial score (nSPS) is 10.7. The van der Waals surface area contributed by atoms with E-state index in [0.717, 1.165) is 16.5 Å². The number of aliphatic hydroxyl groups excluding tert-OH is 1. The highest BCUT2D eigenvalue weighted by molar-refractivity contribution is 5.95. The Hall–Kier alpha value is -4.61. The van der Waals surface area contributed by atoms with Crippen LogP contribution in [0.1, 0.15) is 22.3 Å². The largest absolute Gasteiger partial charge is 0.395 e. The number of aliphatic hydroxyl groups is 1. The Labute approximate surface area is 218 Å². The first-order chi connectivity index (χ1) is 18.5. The molecule has 0 aliphatic heterocycles. The predicted octanol–water partition coefficient (Wildman–Crippen LogP) is 2.56. The van der Waals surface area contributed by atoms with Gasteiger partial charge in [-0.25, -0.2) is 9.37 Å². The molecule has 0 fully saturated rings. The second-order valence-electron chi connectivity index (χ2n) is 8.40. The van der Waals surface area contributed by atoms with Gasteiger partial charge in [0.15, 0.2) is 5.82 Å². The summed E-state index contributed by atoms with van der Waals surface area (Å²) in [5.41, 5.74) is 5.92. The maximum Gasteiger partial charge on any atom is 0.254 e. The number of nitrogens with two attached hydrogens (primary N) is 1. The lowest BCUT2D eigenvalue weighted by molar-refractivity contribution is -0.121. The van der Waals surface area contributed by atoms with Gasteiger partial charge in [-0.15, -0.1) is 0 Å². The molecule has 38 heavy (non-hydrogen) atoms. The molecule has 0 atom stereocenters. The van der Waals surface area contributed by atoms with E-state index < -0.39 is 11.7 Å². The molecule has 11 heteroatoms. The van der Waals surface area contributed by atoms with Gasteiger partial charge in [0.1, 0.15) is 5.82 Å². The number of amides is 2. The van der Waals surface area contributed by atoms with Crippen LogP contribution in [0.25, 0.3) is 22.2 Å². The molecule has 196 valence electrons. The Morgan fingerprint density at radius 3 is 2.66 bits per heavy atom. The highest BCUT2D eigenvalue weighted by Gasteiger charge is 2.15. The summed E-state index contributed by atoms with van der Waals surface area (Å²) < 4.78 is 14.8. The minimum atomic E-state index is -0.716. The van der Waals surface area contributed by atoms with Gasteiger partial charge in [0.25, 0.3) is 5.91 Å². The summed E-state index contributed by atoms with van der Waals surface area (Å²) in [5, 5.41) is 18.0. The van der Waals surface area contributed by atoms with Crippen molar-refractivity contribution in [1.29, 1.82) is 0 Å². The number of hydrogen-bond acceptors (Lipinski definition) is 8. The molecule has 2 aromatic carbocycles. The molecule has 0 radical (unpaired) electrons. The molecule has 2 heterocycles. The molecule has 0 aliphatic carbocycles. The number of pyridine rings is 2. The van der Waals surface area contributed by atoms with Crippen molar-refractivity contribution in [1.82, 2.24) is 20.6 Å². The van der Waals surface area contributed by atoms with Crippen LogP contribution < -0.4 is 27.2 Å². The van der Waals surface area contributed by atoms with Crippen LogP contribution in [0.15, 0.2) is 66.9 Å². The average molecular weight is 518 g/mol. The minimum absolute atomic E-state index is 0.0166. The monoisotopic (exact) mass is 517 g/mol. The molecule has 4 rings (SSSR count). The van der Waals surface area contributed by atoms with Crippen LogP contribution in [0.3, 0.4) is 0 Å². The van der Waals surface area contributed by atoms with Crippen molar-refractivity contribution < 1.29 is 19.1 Å². The first kappa shape index (κ1) is 26.5. The van der Waals surface area contributed by atoms with Crippen molar-refractivity contribution in [3.63, 3.8) is 0 Å². The van der Waals surface area contributed by atoms with Gasteiger partial charge in [-0.2, -0.15) is 0 Å². The summed E-state index contributed by atoms with van der Waals surface area (Å²) in [6.45, 7) is 0.476. The third-order valence-electron chi connectivity index (χ3n) is 5.76. The second kappa shape index (κ2) is 12.6. The van der Waals surface area contributed by atoms with Crippen molar-refractivity contribution >= 4 is 34.2 Å². The van der Waals surface area contributed by atoms with E-state index in [9.17, 15) is 14.0 Å². The fraction of sp³-hybridized carbons (Fsp3) is 0.185. The lowest BCUT2D eigenvalue weighted by atomic mass is 10.1. The summed E-state index contributed by atoms with van der Waals surface area (Å²) in [5.74, 6) is 4.48. The SMILES string of the molecule is NNc1ccc(-c2ccc(C(=O)NCCC(=O)NCCO)c(F)c2)nc1NCc1ccc2ncccc2c1. The first-order valence-electron chi connectivity index (χ1n) is 12.0. The third kappa shape index (κ3) is 6.58. The van der Waals surface area contributed by atoms with Gasteiger partial charge in [-0.3, -0.25) is 20.4 Å². The zero-order chi connectivity index (χ0) is 26.9. The van der Waals surface area contributed by atoms with Crippen LogP contribution in [-0.2, 0) is 11.3 Å². The zero-order valence-electron chi connectivity index (χ0n) is 20.5. The minimum Gasteiger partial charge on any atom is -0.395 e. The van der Waals surface area contributed by atoms with Crippen molar-refractivity contribution in [2.45, 2.75) is 13.0 Å². The van der Waals surface area contributed by atoms with Crippen LogP contribution in [0, 0.1) is 5.82 Å². The second-order valence-corrected chi connectivity index (χ2v) is 8.40. The molecule has 0 saturated heterocycles. The molecule has 4 aromatic rings. The number of hydrogen-bond donors (Lipinski definition) is 6. The van der Waals surface area contributed by atoms with E-state index >= 15 is 0 Å². The Morgan fingerprint density at radius 2 is 1.87 bits per heavy atom. The standard InChI is InChI=1S/C27H28FN7O3/c28-21-15-19(4-5-20(21)27(38)32-11-9-25(37)31-12-13-36)23-7-8-24(35-29)26(34-23)33-16-17-3-6-22-18(14-17)2-1-10-30-22/h1-8,10,14-15,35-36H,9,11-13,16,29H2,(H,31,37)(H,32,38)(H,33,34). The van der Waals surface area contributed by atoms with Crippen molar-refractivity contribution in [2.75, 3.05) is 30.4 Å². The van der Waals surface area contributed by atoms with E-state index in [-0.39, 0.29) is 37.6 Å². The first-order valence-corrected chi connectivity index (χ1v) is 12.0. The Bertz CT molecular complexity index is 1450. The van der Waals surface area contributed by atoms with Crippen molar-refractivity contribution in [3.05, 3.63) is 83.8 Å². The number of anilines is 2. The lowest BCUT2D eigenvalue weighted by Crippen LogP contribution is -2.32. The third-order valence-corrected chi connectivity index (χ3v) is 5.76. The molecule has 10 nitrogen and oxygen atoms in total. The van der Waals surface area contributed by atoms with Gasteiger partial charge in [-0.1, -0.05) is 18.2 Å². The Morgan fingerprint density at radius 1 is 1.00 bits per heavy atom. The summed E-state index contributed by atoms with van der Waals surface area (Å²) in [6, 6.07) is 17.5. The smallest absolute Gasteiger partial charge is 0.254 e. The topological polar surface area (TPSA) is 154 Å². The van der Waals surface area contributed by atoms with Gasteiger partial charge in [0.05, 0.1) is 29.1 Å². The highest BCUT2D eigenvalue weighted by Crippen LogP contribution is 2.27. The molecular formula is C27H28FN7O3. The van der Waals surface area contributed by atoms with E-state index in [1.54, 1.807) is 24.4 Å². The zero-order valence-corrected chi connectivity index (χ0v) is 20.5. The van der Waals surface area contributed by atoms with E-state index in [0.29, 0.717) is 29.3 Å². The number of nitrogens with one attached hydrogen (secondary N) is 4. The molecule has 2 aromatic heterocycles. The number of fused-ring (bicyclic) bond motifs is 1. The maximum absolute atomic E-state index is 14.8. The summed E-state index contributed by atoms with van der Waals surface area (Å²) in [7, 11) is 0. The number of aromatic nitrogens is 2. The van der Waals surface area contributed by atoms with Crippen LogP contribution in [0.5, 0.6) is 0 Å². The molecule has 2 amide bonds. The van der Waals surface area contributed by atoms with E-state index in [1.165, 1.54) is 12.1 Å². The van der Waals surface area contributed by atoms with Crippen LogP contribution >= 0.6 is 0 Å². The van der Waals surface area contributed by atoms with Gasteiger partial charge in [0.2, 0.25) is 5.91 Å². The fourth-order valence-electron chi connectivity index (χ4n) is 3.82. The number of carbonyl (C=O) groups is 2. The van der Waals surface area contributed by atoms with Crippen LogP contribution in [-0.4, -0.2) is 46.6 Å². The van der Waals surface area contributed by atoms with Crippen molar-refractivity contribution in [3.8, 4) is 11.3 Å². The molecule has 0 aliphatic rings. The molecule has 0 unspecified atom stereocenters. The average Bonchev–Trinajstić information content (AvgIpc) is 2.94. The predicted molar refractivity (Wildman–Crippen MR) is 144 cm³/mol. The fourth-order valence-corrected chi connectivity index (χ4v) is 3.82. The van der Waals surface area contributed by atoms with Gasteiger partial charge in [0, 0.05) is 43.2 Å². The van der Waals surface area contributed by atoms with Gasteiger partial charge in [-0.05, 0) is 48.0 Å². The Balaban J connectivity index is 1.44. The number of nitrogen functional groups attached to an aromatic ring is 1. The molecule has 7 N–H and O–H groups in total. The van der Waals surface area contributed by atoms with Crippen LogP contribution in [0.4, 0.5) is 15.9 Å². The maximum atomic E-state index is 14.8. The lowest BCUT2D eigenvalue weighted by Gasteiger charge is -2.13. The number of hydrazine groups is 1. The number of rotatable bonds is 11. The highest BCUT2D eigenvalue weighted by atomic mass is 19.1. The molecule has 0 bridgehead atoms. The number of nitrogens with zero attached hydrogens (tertiary/aromatic N) is 2. The number of benzene rings is 2. The van der Waals surface area contributed by atoms with E-state index in [1.807, 2.05) is 30.3 Å².